The number of fused-ring (bicyclic) bond motifs is 1. The van der Waals surface area contributed by atoms with Crippen molar-refractivity contribution < 1.29 is 5.11 Å². The van der Waals surface area contributed by atoms with Crippen molar-refractivity contribution in [2.75, 3.05) is 5.75 Å². The van der Waals surface area contributed by atoms with Crippen molar-refractivity contribution in [3.8, 4) is 0 Å². The SMILES string of the molecule is OCc1cccc2c1CCCS2. The predicted molar refractivity (Wildman–Crippen MR) is 51.4 cm³/mol. The Kier molecular flexibility index (Phi) is 2.38. The maximum atomic E-state index is 9.08. The van der Waals surface area contributed by atoms with Crippen LogP contribution in [0.5, 0.6) is 0 Å². The van der Waals surface area contributed by atoms with Gasteiger partial charge in [-0.25, -0.2) is 0 Å². The number of aliphatic hydroxyl groups is 1. The Balaban J connectivity index is 2.44. The first-order valence-corrected chi connectivity index (χ1v) is 5.25. The molecule has 1 aliphatic rings. The first-order valence-electron chi connectivity index (χ1n) is 4.26. The van der Waals surface area contributed by atoms with Crippen molar-refractivity contribution in [3.05, 3.63) is 29.3 Å². The van der Waals surface area contributed by atoms with Crippen molar-refractivity contribution in [2.45, 2.75) is 24.3 Å². The molecule has 0 aromatic heterocycles. The summed E-state index contributed by atoms with van der Waals surface area (Å²) in [4.78, 5) is 1.37. The molecule has 2 heteroatoms. The minimum atomic E-state index is 0.184. The van der Waals surface area contributed by atoms with Crippen LogP contribution in [0.1, 0.15) is 17.5 Å². The molecule has 0 bridgehead atoms. The topological polar surface area (TPSA) is 20.2 Å². The van der Waals surface area contributed by atoms with Crippen LogP contribution in [-0.4, -0.2) is 10.9 Å². The van der Waals surface area contributed by atoms with E-state index in [4.69, 9.17) is 5.11 Å². The van der Waals surface area contributed by atoms with E-state index >= 15 is 0 Å². The van der Waals surface area contributed by atoms with E-state index in [0.717, 1.165) is 12.0 Å². The molecule has 0 unspecified atom stereocenters. The van der Waals surface area contributed by atoms with E-state index in [9.17, 15) is 0 Å². The fourth-order valence-electron chi connectivity index (χ4n) is 1.61. The molecule has 1 nitrogen and oxygen atoms in total. The molecule has 0 saturated carbocycles. The summed E-state index contributed by atoms with van der Waals surface area (Å²) in [6.45, 7) is 0.184. The third-order valence-corrected chi connectivity index (χ3v) is 3.42. The highest BCUT2D eigenvalue weighted by atomic mass is 32.2. The Bertz CT molecular complexity index is 269. The van der Waals surface area contributed by atoms with Gasteiger partial charge in [0.25, 0.3) is 0 Å². The summed E-state index contributed by atoms with van der Waals surface area (Å²) in [7, 11) is 0. The van der Waals surface area contributed by atoms with Gasteiger partial charge in [-0.2, -0.15) is 0 Å². The lowest BCUT2D eigenvalue weighted by molar-refractivity contribution is 0.280. The molecule has 1 aliphatic heterocycles. The molecule has 1 N–H and O–H groups in total. The van der Waals surface area contributed by atoms with E-state index in [1.807, 2.05) is 23.9 Å². The van der Waals surface area contributed by atoms with Gasteiger partial charge in [0, 0.05) is 4.90 Å². The molecule has 0 spiro atoms. The largest absolute Gasteiger partial charge is 0.392 e. The zero-order chi connectivity index (χ0) is 8.39. The highest BCUT2D eigenvalue weighted by Gasteiger charge is 2.11. The van der Waals surface area contributed by atoms with Crippen molar-refractivity contribution in [1.82, 2.24) is 0 Å². The maximum absolute atomic E-state index is 9.08. The fraction of sp³-hybridized carbons (Fsp3) is 0.400. The van der Waals surface area contributed by atoms with Crippen molar-refractivity contribution in [3.63, 3.8) is 0 Å². The van der Waals surface area contributed by atoms with Crippen LogP contribution >= 0.6 is 11.8 Å². The Morgan fingerprint density at radius 3 is 3.17 bits per heavy atom. The minimum Gasteiger partial charge on any atom is -0.392 e. The summed E-state index contributed by atoms with van der Waals surface area (Å²) in [6, 6.07) is 6.20. The van der Waals surface area contributed by atoms with Crippen molar-refractivity contribution in [2.24, 2.45) is 0 Å². The molecular weight excluding hydrogens is 168 g/mol. The number of thioether (sulfide) groups is 1. The third-order valence-electron chi connectivity index (χ3n) is 2.23. The molecule has 64 valence electrons. The van der Waals surface area contributed by atoms with E-state index < -0.39 is 0 Å². The zero-order valence-corrected chi connectivity index (χ0v) is 7.73. The van der Waals surface area contributed by atoms with E-state index in [0.29, 0.717) is 0 Å². The maximum Gasteiger partial charge on any atom is 0.0684 e. The van der Waals surface area contributed by atoms with Crippen LogP contribution in [-0.2, 0) is 13.0 Å². The quantitative estimate of drug-likeness (QED) is 0.715. The molecule has 0 fully saturated rings. The summed E-state index contributed by atoms with van der Waals surface area (Å²) in [5, 5.41) is 9.08. The Hall–Kier alpha value is -0.470. The van der Waals surface area contributed by atoms with E-state index in [2.05, 4.69) is 6.07 Å². The van der Waals surface area contributed by atoms with Gasteiger partial charge in [0.2, 0.25) is 0 Å². The van der Waals surface area contributed by atoms with Gasteiger partial charge in [-0.05, 0) is 35.8 Å². The number of rotatable bonds is 1. The normalized spacial score (nSPS) is 15.8. The van der Waals surface area contributed by atoms with Gasteiger partial charge in [-0.1, -0.05) is 12.1 Å². The second-order valence-electron chi connectivity index (χ2n) is 3.00. The van der Waals surface area contributed by atoms with Crippen LogP contribution in [0.2, 0.25) is 0 Å². The summed E-state index contributed by atoms with van der Waals surface area (Å²) in [6.07, 6.45) is 2.38. The Morgan fingerprint density at radius 2 is 2.33 bits per heavy atom. The van der Waals surface area contributed by atoms with Crippen molar-refractivity contribution >= 4 is 11.8 Å². The lowest BCUT2D eigenvalue weighted by Crippen LogP contribution is -2.02. The van der Waals surface area contributed by atoms with Gasteiger partial charge in [0.15, 0.2) is 0 Å². The standard InChI is InChI=1S/C10H12OS/c11-7-8-3-1-5-10-9(8)4-2-6-12-10/h1,3,5,11H,2,4,6-7H2. The molecule has 1 aromatic carbocycles. The summed E-state index contributed by atoms with van der Waals surface area (Å²) in [5.74, 6) is 1.22. The Labute approximate surface area is 76.8 Å². The van der Waals surface area contributed by atoms with E-state index in [1.54, 1.807) is 0 Å². The third kappa shape index (κ3) is 1.37. The predicted octanol–water partition coefficient (Wildman–Crippen LogP) is 2.22. The molecule has 2 rings (SSSR count). The van der Waals surface area contributed by atoms with Crippen LogP contribution in [0.25, 0.3) is 0 Å². The van der Waals surface area contributed by atoms with Gasteiger partial charge in [-0.15, -0.1) is 11.8 Å². The summed E-state index contributed by atoms with van der Waals surface area (Å²) < 4.78 is 0. The summed E-state index contributed by atoms with van der Waals surface area (Å²) in [5.41, 5.74) is 2.48. The van der Waals surface area contributed by atoms with Crippen LogP contribution in [0.4, 0.5) is 0 Å². The lowest BCUT2D eigenvalue weighted by Gasteiger charge is -2.17. The average molecular weight is 180 g/mol. The van der Waals surface area contributed by atoms with E-state index in [1.165, 1.54) is 22.6 Å². The first kappa shape index (κ1) is 8.14. The highest BCUT2D eigenvalue weighted by Crippen LogP contribution is 2.31. The molecule has 1 aromatic rings. The van der Waals surface area contributed by atoms with Gasteiger partial charge in [-0.3, -0.25) is 0 Å². The average Bonchev–Trinajstić information content (AvgIpc) is 2.17. The molecule has 0 atom stereocenters. The van der Waals surface area contributed by atoms with Gasteiger partial charge in [0.05, 0.1) is 6.61 Å². The molecule has 0 saturated heterocycles. The van der Waals surface area contributed by atoms with Gasteiger partial charge >= 0.3 is 0 Å². The number of hydrogen-bond donors (Lipinski definition) is 1. The Morgan fingerprint density at radius 1 is 1.42 bits per heavy atom. The lowest BCUT2D eigenvalue weighted by atomic mass is 10.0. The van der Waals surface area contributed by atoms with Crippen molar-refractivity contribution in [1.29, 1.82) is 0 Å². The highest BCUT2D eigenvalue weighted by molar-refractivity contribution is 7.99. The second-order valence-corrected chi connectivity index (χ2v) is 4.14. The molecule has 0 aliphatic carbocycles. The van der Waals surface area contributed by atoms with Crippen LogP contribution in [0, 0.1) is 0 Å². The molecule has 0 amide bonds. The van der Waals surface area contributed by atoms with Crippen LogP contribution < -0.4 is 0 Å². The summed E-state index contributed by atoms with van der Waals surface area (Å²) >= 11 is 1.91. The van der Waals surface area contributed by atoms with Crippen LogP contribution in [0.3, 0.4) is 0 Å². The molecule has 1 heterocycles. The minimum absolute atomic E-state index is 0.184. The first-order chi connectivity index (χ1) is 5.92. The second kappa shape index (κ2) is 3.50. The van der Waals surface area contributed by atoms with Crippen LogP contribution in [0.15, 0.2) is 23.1 Å². The van der Waals surface area contributed by atoms with Gasteiger partial charge < -0.3 is 5.11 Å². The monoisotopic (exact) mass is 180 g/mol. The fourth-order valence-corrected chi connectivity index (χ4v) is 2.70. The molecular formula is C10H12OS. The zero-order valence-electron chi connectivity index (χ0n) is 6.92. The smallest absolute Gasteiger partial charge is 0.0684 e. The van der Waals surface area contributed by atoms with Gasteiger partial charge in [0.1, 0.15) is 0 Å². The molecule has 12 heavy (non-hydrogen) atoms. The number of hydrogen-bond acceptors (Lipinski definition) is 2. The number of benzene rings is 1. The molecule has 0 radical (unpaired) electrons. The number of aliphatic hydroxyl groups excluding tert-OH is 1. The van der Waals surface area contributed by atoms with E-state index in [-0.39, 0.29) is 6.61 Å².